The molecule has 1 amide bonds. The third kappa shape index (κ3) is 4.77. The van der Waals surface area contributed by atoms with Crippen LogP contribution in [0, 0.1) is 11.8 Å². The Bertz CT molecular complexity index is 695. The van der Waals surface area contributed by atoms with E-state index in [1.54, 1.807) is 18.7 Å². The molecular formula is C22H31F3N2O2. The Morgan fingerprint density at radius 2 is 1.90 bits per heavy atom. The quantitative estimate of drug-likeness (QED) is 0.773. The highest BCUT2D eigenvalue weighted by Crippen LogP contribution is 2.47. The highest BCUT2D eigenvalue weighted by Gasteiger charge is 2.51. The summed E-state index contributed by atoms with van der Waals surface area (Å²) in [6.45, 7) is 2.68. The van der Waals surface area contributed by atoms with Crippen molar-refractivity contribution in [2.75, 3.05) is 13.1 Å². The van der Waals surface area contributed by atoms with Crippen molar-refractivity contribution >= 4 is 5.91 Å². The minimum atomic E-state index is -4.36. The molecule has 2 N–H and O–H groups in total. The zero-order chi connectivity index (χ0) is 21.2. The van der Waals surface area contributed by atoms with Gasteiger partial charge in [0, 0.05) is 18.5 Å². The van der Waals surface area contributed by atoms with Crippen LogP contribution < -0.4 is 5.32 Å². The van der Waals surface area contributed by atoms with E-state index < -0.39 is 24.4 Å². The molecule has 0 spiro atoms. The van der Waals surface area contributed by atoms with Crippen molar-refractivity contribution in [2.24, 2.45) is 11.8 Å². The van der Waals surface area contributed by atoms with Crippen molar-refractivity contribution in [3.63, 3.8) is 0 Å². The van der Waals surface area contributed by atoms with E-state index in [1.807, 2.05) is 30.3 Å². The summed E-state index contributed by atoms with van der Waals surface area (Å²) in [5.41, 5.74) is -0.143. The molecule has 1 aromatic carbocycles. The van der Waals surface area contributed by atoms with Gasteiger partial charge in [0.15, 0.2) is 0 Å². The number of halogens is 3. The number of fused-ring (bicyclic) bond motifs is 1. The summed E-state index contributed by atoms with van der Waals surface area (Å²) in [4.78, 5) is 15.0. The summed E-state index contributed by atoms with van der Waals surface area (Å²) in [5.74, 6) is -0.648. The fraction of sp³-hybridized carbons (Fsp3) is 0.682. The normalized spacial score (nSPS) is 28.9. The Labute approximate surface area is 170 Å². The monoisotopic (exact) mass is 412 g/mol. The van der Waals surface area contributed by atoms with Gasteiger partial charge < -0.3 is 10.0 Å². The smallest absolute Gasteiger partial charge is 0.385 e. The van der Waals surface area contributed by atoms with E-state index >= 15 is 0 Å². The molecular weight excluding hydrogens is 381 g/mol. The Balaban J connectivity index is 1.83. The molecule has 0 aromatic heterocycles. The van der Waals surface area contributed by atoms with Gasteiger partial charge in [-0.2, -0.15) is 13.2 Å². The van der Waals surface area contributed by atoms with Gasteiger partial charge in [0.1, 0.15) is 0 Å². The zero-order valence-corrected chi connectivity index (χ0v) is 17.1. The molecule has 1 aromatic rings. The lowest BCUT2D eigenvalue weighted by Gasteiger charge is -2.53. The van der Waals surface area contributed by atoms with E-state index in [9.17, 15) is 23.1 Å². The van der Waals surface area contributed by atoms with E-state index in [4.69, 9.17) is 0 Å². The number of aliphatic hydroxyl groups is 1. The zero-order valence-electron chi connectivity index (χ0n) is 17.1. The highest BCUT2D eigenvalue weighted by atomic mass is 19.4. The van der Waals surface area contributed by atoms with Gasteiger partial charge in [0.2, 0.25) is 5.91 Å². The van der Waals surface area contributed by atoms with Crippen LogP contribution >= 0.6 is 0 Å². The first kappa shape index (κ1) is 22.1. The molecule has 2 aliphatic rings. The molecule has 1 saturated heterocycles. The first-order chi connectivity index (χ1) is 13.6. The van der Waals surface area contributed by atoms with Crippen molar-refractivity contribution in [3.05, 3.63) is 35.9 Å². The second kappa shape index (κ2) is 8.64. The van der Waals surface area contributed by atoms with E-state index in [2.05, 4.69) is 5.32 Å². The van der Waals surface area contributed by atoms with Crippen LogP contribution in [-0.4, -0.2) is 47.3 Å². The topological polar surface area (TPSA) is 52.6 Å². The third-order valence-electron chi connectivity index (χ3n) is 6.49. The van der Waals surface area contributed by atoms with Gasteiger partial charge in [-0.3, -0.25) is 10.1 Å². The summed E-state index contributed by atoms with van der Waals surface area (Å²) in [7, 11) is 0. The van der Waals surface area contributed by atoms with Crippen LogP contribution in [0.4, 0.5) is 13.2 Å². The van der Waals surface area contributed by atoms with E-state index in [-0.39, 0.29) is 23.8 Å². The number of carbonyl (C=O) groups excluding carboxylic acids is 1. The average Bonchev–Trinajstić information content (AvgIpc) is 2.68. The number of rotatable bonds is 5. The van der Waals surface area contributed by atoms with Crippen LogP contribution in [0.5, 0.6) is 0 Å². The van der Waals surface area contributed by atoms with Crippen molar-refractivity contribution in [2.45, 2.75) is 69.8 Å². The summed E-state index contributed by atoms with van der Waals surface area (Å²) in [6, 6.07) is 8.52. The Morgan fingerprint density at radius 3 is 2.52 bits per heavy atom. The summed E-state index contributed by atoms with van der Waals surface area (Å²) in [5, 5.41) is 14.0. The van der Waals surface area contributed by atoms with E-state index in [0.29, 0.717) is 13.0 Å². The molecule has 1 aliphatic carbocycles. The summed E-state index contributed by atoms with van der Waals surface area (Å²) >= 11 is 0. The number of alkyl halides is 3. The number of carbonyl (C=O) groups is 1. The molecule has 7 heteroatoms. The Kier molecular flexibility index (Phi) is 6.58. The van der Waals surface area contributed by atoms with Crippen LogP contribution in [-0.2, 0) is 10.4 Å². The second-order valence-electron chi connectivity index (χ2n) is 8.75. The lowest BCUT2D eigenvalue weighted by molar-refractivity contribution is -0.159. The van der Waals surface area contributed by atoms with E-state index in [1.165, 1.54) is 0 Å². The van der Waals surface area contributed by atoms with Gasteiger partial charge in [-0.05, 0) is 30.7 Å². The number of hydrogen-bond donors (Lipinski definition) is 2. The average molecular weight is 412 g/mol. The maximum atomic E-state index is 13.3. The lowest BCUT2D eigenvalue weighted by atomic mass is 9.66. The number of amides is 1. The molecule has 3 rings (SSSR count). The number of nitrogens with zero attached hydrogens (tertiary/aromatic N) is 1. The second-order valence-corrected chi connectivity index (χ2v) is 8.75. The Hall–Kier alpha value is -1.60. The molecule has 2 fully saturated rings. The van der Waals surface area contributed by atoms with Crippen molar-refractivity contribution < 1.29 is 23.1 Å². The predicted octanol–water partition coefficient (Wildman–Crippen LogP) is 3.84. The predicted molar refractivity (Wildman–Crippen MR) is 105 cm³/mol. The van der Waals surface area contributed by atoms with Crippen LogP contribution in [0.3, 0.4) is 0 Å². The highest BCUT2D eigenvalue weighted by molar-refractivity contribution is 5.82. The Morgan fingerprint density at radius 1 is 1.24 bits per heavy atom. The standard InChI is InChI=1S/C22H31F3N2O2/c1-15(2)19(26-14-22(23,24)25)20(28)27-13-12-21(29,16-8-4-3-5-9-16)17-10-6-7-11-18(17)27/h3-5,8-9,15,17-19,26,29H,6-7,10-14H2,1-2H3/t17-,18?,19+,21-/m1/s1. The molecule has 1 heterocycles. The first-order valence-corrected chi connectivity index (χ1v) is 10.5. The molecule has 0 bridgehead atoms. The molecule has 1 unspecified atom stereocenters. The van der Waals surface area contributed by atoms with Gasteiger partial charge in [-0.25, -0.2) is 0 Å². The number of likely N-dealkylation sites (tertiary alicyclic amines) is 1. The van der Waals surface area contributed by atoms with Gasteiger partial charge >= 0.3 is 6.18 Å². The molecule has 1 aliphatic heterocycles. The van der Waals surface area contributed by atoms with Gasteiger partial charge in [0.05, 0.1) is 18.2 Å². The van der Waals surface area contributed by atoms with Crippen LogP contribution in [0.25, 0.3) is 0 Å². The lowest BCUT2D eigenvalue weighted by Crippen LogP contribution is -2.62. The molecule has 4 atom stereocenters. The van der Waals surface area contributed by atoms with Crippen LogP contribution in [0.2, 0.25) is 0 Å². The van der Waals surface area contributed by atoms with E-state index in [0.717, 1.165) is 31.2 Å². The number of piperidine rings is 1. The molecule has 29 heavy (non-hydrogen) atoms. The first-order valence-electron chi connectivity index (χ1n) is 10.5. The van der Waals surface area contributed by atoms with Crippen LogP contribution in [0.1, 0.15) is 51.5 Å². The molecule has 1 saturated carbocycles. The molecule has 162 valence electrons. The van der Waals surface area contributed by atoms with Gasteiger partial charge in [0.25, 0.3) is 0 Å². The minimum absolute atomic E-state index is 0.105. The van der Waals surface area contributed by atoms with Crippen LogP contribution in [0.15, 0.2) is 30.3 Å². The largest absolute Gasteiger partial charge is 0.401 e. The van der Waals surface area contributed by atoms with Crippen molar-refractivity contribution in [1.29, 1.82) is 0 Å². The fourth-order valence-corrected chi connectivity index (χ4v) is 5.05. The fourth-order valence-electron chi connectivity index (χ4n) is 5.05. The molecule has 0 radical (unpaired) electrons. The van der Waals surface area contributed by atoms with Crippen molar-refractivity contribution in [1.82, 2.24) is 10.2 Å². The third-order valence-corrected chi connectivity index (χ3v) is 6.49. The number of benzene rings is 1. The number of hydrogen-bond acceptors (Lipinski definition) is 3. The van der Waals surface area contributed by atoms with Gasteiger partial charge in [-0.15, -0.1) is 0 Å². The number of nitrogens with one attached hydrogen (secondary N) is 1. The summed E-state index contributed by atoms with van der Waals surface area (Å²) in [6.07, 6.45) is -0.446. The van der Waals surface area contributed by atoms with Crippen molar-refractivity contribution in [3.8, 4) is 0 Å². The minimum Gasteiger partial charge on any atom is -0.385 e. The maximum Gasteiger partial charge on any atom is 0.401 e. The molecule has 4 nitrogen and oxygen atoms in total. The SMILES string of the molecule is CC(C)[C@H](NCC(F)(F)F)C(=O)N1CC[C@@](O)(c2ccccc2)[C@@H]2CCCCC21. The summed E-state index contributed by atoms with van der Waals surface area (Å²) < 4.78 is 38.2. The maximum absolute atomic E-state index is 13.3. The van der Waals surface area contributed by atoms with Gasteiger partial charge in [-0.1, -0.05) is 57.0 Å².